The molecule has 2 rings (SSSR count). The molecule has 1 aromatic carbocycles. The summed E-state index contributed by atoms with van der Waals surface area (Å²) in [4.78, 5) is 0. The third-order valence-corrected chi connectivity index (χ3v) is 2.63. The van der Waals surface area contributed by atoms with Gasteiger partial charge in [0.05, 0.1) is 0 Å². The highest BCUT2D eigenvalue weighted by Crippen LogP contribution is 2.51. The summed E-state index contributed by atoms with van der Waals surface area (Å²) in [6, 6.07) is 8.31. The van der Waals surface area contributed by atoms with E-state index in [1.807, 2.05) is 18.2 Å². The fourth-order valence-electron chi connectivity index (χ4n) is 1.51. The lowest BCUT2D eigenvalue weighted by Gasteiger charge is -2.08. The lowest BCUT2D eigenvalue weighted by Crippen LogP contribution is -1.91. The Morgan fingerprint density at radius 3 is 2.38 bits per heavy atom. The van der Waals surface area contributed by atoms with Crippen LogP contribution in [0.3, 0.4) is 0 Å². The van der Waals surface area contributed by atoms with Gasteiger partial charge in [-0.1, -0.05) is 12.2 Å². The smallest absolute Gasteiger partial charge is 0.0289 e. The molecule has 0 bridgehead atoms. The number of allylic oxidation sites excluding steroid dienone is 3. The molecule has 1 aliphatic rings. The summed E-state index contributed by atoms with van der Waals surface area (Å²) in [6.45, 7) is 9.86. The van der Waals surface area contributed by atoms with Gasteiger partial charge in [-0.15, -0.1) is 18.7 Å². The molecule has 0 fully saturated rings. The second-order valence-corrected chi connectivity index (χ2v) is 3.74. The van der Waals surface area contributed by atoms with Crippen LogP contribution in [0.5, 0.6) is 0 Å². The third kappa shape index (κ3) is 1.29. The van der Waals surface area contributed by atoms with Crippen LogP contribution in [0.2, 0.25) is 0 Å². The van der Waals surface area contributed by atoms with Gasteiger partial charge in [-0.2, -0.15) is 24.6 Å². The minimum atomic E-state index is 0.142. The first-order valence-corrected chi connectivity index (χ1v) is 4.45. The molecular formula is C13H13-. The molecule has 1 unspecified atom stereocenters. The molecule has 1 aliphatic carbocycles. The van der Waals surface area contributed by atoms with Gasteiger partial charge in [0.15, 0.2) is 0 Å². The first-order valence-electron chi connectivity index (χ1n) is 4.45. The summed E-state index contributed by atoms with van der Waals surface area (Å²) in [5.74, 6) is 0. The topological polar surface area (TPSA) is 0 Å². The number of hydrogen-bond acceptors (Lipinski definition) is 0. The van der Waals surface area contributed by atoms with E-state index in [1.165, 1.54) is 11.1 Å². The summed E-state index contributed by atoms with van der Waals surface area (Å²) in [5.41, 5.74) is 3.87. The van der Waals surface area contributed by atoms with E-state index in [2.05, 4.69) is 38.6 Å². The van der Waals surface area contributed by atoms with E-state index in [1.54, 1.807) is 0 Å². The van der Waals surface area contributed by atoms with Crippen molar-refractivity contribution >= 4 is 5.57 Å². The van der Waals surface area contributed by atoms with Crippen LogP contribution in [0, 0.1) is 12.3 Å². The highest BCUT2D eigenvalue weighted by molar-refractivity contribution is 5.86. The number of hydrogen-bond donors (Lipinski definition) is 0. The van der Waals surface area contributed by atoms with Crippen LogP contribution in [0.4, 0.5) is 0 Å². The molecule has 0 spiro atoms. The summed E-state index contributed by atoms with van der Waals surface area (Å²) in [6.07, 6.45) is 4.22. The van der Waals surface area contributed by atoms with Gasteiger partial charge >= 0.3 is 0 Å². The van der Waals surface area contributed by atoms with Crippen LogP contribution in [-0.2, 0) is 0 Å². The maximum absolute atomic E-state index is 3.86. The second-order valence-electron chi connectivity index (χ2n) is 3.74. The molecule has 1 atom stereocenters. The first-order chi connectivity index (χ1) is 6.15. The average molecular weight is 169 g/mol. The molecule has 0 saturated heterocycles. The molecular weight excluding hydrogens is 156 g/mol. The van der Waals surface area contributed by atoms with Crippen LogP contribution in [-0.4, -0.2) is 0 Å². The molecule has 0 saturated carbocycles. The van der Waals surface area contributed by atoms with Crippen molar-refractivity contribution in [2.45, 2.75) is 6.92 Å². The zero-order valence-electron chi connectivity index (χ0n) is 7.88. The highest BCUT2D eigenvalue weighted by Gasteiger charge is 2.35. The van der Waals surface area contributed by atoms with Gasteiger partial charge in [0, 0.05) is 5.41 Å². The molecule has 0 nitrogen and oxygen atoms in total. The molecule has 0 N–H and O–H groups in total. The van der Waals surface area contributed by atoms with E-state index < -0.39 is 0 Å². The van der Waals surface area contributed by atoms with Crippen LogP contribution in [0.1, 0.15) is 18.1 Å². The molecule has 0 aliphatic heterocycles. The van der Waals surface area contributed by atoms with Crippen molar-refractivity contribution in [3.8, 4) is 0 Å². The zero-order valence-corrected chi connectivity index (χ0v) is 7.88. The summed E-state index contributed by atoms with van der Waals surface area (Å²) >= 11 is 0. The Morgan fingerprint density at radius 2 is 1.92 bits per heavy atom. The highest BCUT2D eigenvalue weighted by atomic mass is 14.4. The Bertz CT molecular complexity index is 368. The van der Waals surface area contributed by atoms with Crippen LogP contribution in [0.25, 0.3) is 5.57 Å². The number of benzene rings is 1. The monoisotopic (exact) mass is 169 g/mol. The van der Waals surface area contributed by atoms with Gasteiger partial charge in [0.2, 0.25) is 0 Å². The van der Waals surface area contributed by atoms with Crippen molar-refractivity contribution < 1.29 is 0 Å². The summed E-state index contributed by atoms with van der Waals surface area (Å²) in [7, 11) is 0. The van der Waals surface area contributed by atoms with Gasteiger partial charge in [0.25, 0.3) is 0 Å². The quantitative estimate of drug-likeness (QED) is 0.470. The Hall–Kier alpha value is -1.43. The van der Waals surface area contributed by atoms with Gasteiger partial charge in [-0.25, -0.2) is 0 Å². The van der Waals surface area contributed by atoms with Crippen molar-refractivity contribution in [3.05, 3.63) is 61.0 Å². The first kappa shape index (κ1) is 8.18. The van der Waals surface area contributed by atoms with E-state index in [-0.39, 0.29) is 5.41 Å². The van der Waals surface area contributed by atoms with Crippen molar-refractivity contribution in [2.75, 3.05) is 0 Å². The van der Waals surface area contributed by atoms with Gasteiger partial charge in [-0.3, -0.25) is 0 Å². The average Bonchev–Trinajstić information content (AvgIpc) is 2.81. The molecule has 0 heterocycles. The van der Waals surface area contributed by atoms with Crippen LogP contribution < -0.4 is 0 Å². The van der Waals surface area contributed by atoms with Crippen molar-refractivity contribution in [1.82, 2.24) is 0 Å². The minimum absolute atomic E-state index is 0.142. The Kier molecular flexibility index (Phi) is 1.59. The standard InChI is InChI=1S/C13H13/c1-4-13(3)9-12(13)11-7-5-10(2)6-8-11/h4-9H,1-2H2,3H3/q-1. The fourth-order valence-corrected chi connectivity index (χ4v) is 1.51. The van der Waals surface area contributed by atoms with E-state index in [0.717, 1.165) is 5.56 Å². The Morgan fingerprint density at radius 1 is 1.31 bits per heavy atom. The molecule has 0 radical (unpaired) electrons. The Labute approximate surface area is 79.6 Å². The normalized spacial score (nSPS) is 25.2. The zero-order chi connectivity index (χ0) is 9.47. The van der Waals surface area contributed by atoms with Gasteiger partial charge in [0.1, 0.15) is 0 Å². The second kappa shape index (κ2) is 2.53. The lowest BCUT2D eigenvalue weighted by atomic mass is 9.98. The molecule has 0 amide bonds. The molecule has 13 heavy (non-hydrogen) atoms. The predicted octanol–water partition coefficient (Wildman–Crippen LogP) is 3.46. The summed E-state index contributed by atoms with van der Waals surface area (Å²) < 4.78 is 0. The van der Waals surface area contributed by atoms with Gasteiger partial charge < -0.3 is 0 Å². The molecule has 66 valence electrons. The minimum Gasteiger partial charge on any atom is -0.199 e. The molecule has 0 aromatic heterocycles. The third-order valence-electron chi connectivity index (χ3n) is 2.63. The molecule has 1 aromatic rings. The van der Waals surface area contributed by atoms with Crippen molar-refractivity contribution in [3.63, 3.8) is 0 Å². The Balaban J connectivity index is 2.26. The predicted molar refractivity (Wildman–Crippen MR) is 57.2 cm³/mol. The largest absolute Gasteiger partial charge is 0.199 e. The van der Waals surface area contributed by atoms with Crippen LogP contribution >= 0.6 is 0 Å². The maximum Gasteiger partial charge on any atom is 0.0289 e. The van der Waals surface area contributed by atoms with Crippen molar-refractivity contribution in [2.24, 2.45) is 5.41 Å². The van der Waals surface area contributed by atoms with E-state index in [4.69, 9.17) is 0 Å². The maximum atomic E-state index is 3.86. The van der Waals surface area contributed by atoms with E-state index in [0.29, 0.717) is 0 Å². The number of rotatable bonds is 2. The van der Waals surface area contributed by atoms with Crippen LogP contribution in [0.15, 0.2) is 43.0 Å². The van der Waals surface area contributed by atoms with E-state index in [9.17, 15) is 0 Å². The molecule has 0 heteroatoms. The fraction of sp³-hybridized carbons (Fsp3) is 0.154. The SMILES string of the molecule is C=CC1(C)C=C1c1ccc([CH2-])cc1. The van der Waals surface area contributed by atoms with Gasteiger partial charge in [-0.05, 0) is 18.1 Å². The lowest BCUT2D eigenvalue weighted by molar-refractivity contribution is 0.853. The van der Waals surface area contributed by atoms with Crippen molar-refractivity contribution in [1.29, 1.82) is 0 Å². The van der Waals surface area contributed by atoms with E-state index >= 15 is 0 Å². The summed E-state index contributed by atoms with van der Waals surface area (Å²) in [5, 5.41) is 0.